The molecule has 1 amide bonds. The maximum atomic E-state index is 11.9. The lowest BCUT2D eigenvalue weighted by Gasteiger charge is -2.31. The maximum absolute atomic E-state index is 11.9. The molecule has 2 N–H and O–H groups in total. The van der Waals surface area contributed by atoms with Gasteiger partial charge < -0.3 is 20.3 Å². The number of carbonyl (C=O) groups is 2. The van der Waals surface area contributed by atoms with Gasteiger partial charge in [-0.3, -0.25) is 9.59 Å². The molecule has 0 atom stereocenters. The van der Waals surface area contributed by atoms with Crippen LogP contribution >= 0.6 is 0 Å². The van der Waals surface area contributed by atoms with Gasteiger partial charge in [-0.15, -0.1) is 0 Å². The maximum Gasteiger partial charge on any atom is 0.309 e. The van der Waals surface area contributed by atoms with E-state index in [1.54, 1.807) is 4.90 Å². The van der Waals surface area contributed by atoms with Gasteiger partial charge in [0.2, 0.25) is 5.91 Å². The Morgan fingerprint density at radius 2 is 2.00 bits per heavy atom. The first-order valence-corrected chi connectivity index (χ1v) is 7.91. The van der Waals surface area contributed by atoms with E-state index < -0.39 is 0 Å². The number of carbonyl (C=O) groups excluding carboxylic acids is 2. The van der Waals surface area contributed by atoms with Gasteiger partial charge in [0.25, 0.3) is 0 Å². The van der Waals surface area contributed by atoms with Crippen LogP contribution < -0.4 is 5.73 Å². The molecule has 0 aliphatic carbocycles. The van der Waals surface area contributed by atoms with Gasteiger partial charge in [0.05, 0.1) is 12.5 Å². The Morgan fingerprint density at radius 3 is 2.57 bits per heavy atom. The van der Waals surface area contributed by atoms with Gasteiger partial charge in [-0.05, 0) is 45.8 Å². The van der Waals surface area contributed by atoms with Crippen LogP contribution in [-0.2, 0) is 14.3 Å². The van der Waals surface area contributed by atoms with Gasteiger partial charge in [0.15, 0.2) is 0 Å². The van der Waals surface area contributed by atoms with Crippen molar-refractivity contribution in [1.29, 1.82) is 0 Å². The summed E-state index contributed by atoms with van der Waals surface area (Å²) in [6, 6.07) is 0. The molecule has 1 rings (SSSR count). The second kappa shape index (κ2) is 9.73. The van der Waals surface area contributed by atoms with Gasteiger partial charge >= 0.3 is 5.97 Å². The molecular weight excluding hydrogens is 270 g/mol. The number of ether oxygens (including phenoxy) is 1. The minimum atomic E-state index is -0.0743. The molecule has 21 heavy (non-hydrogen) atoms. The lowest BCUT2D eigenvalue weighted by molar-refractivity contribution is -0.149. The summed E-state index contributed by atoms with van der Waals surface area (Å²) in [7, 11) is 1.82. The molecule has 0 spiro atoms. The molecular formula is C15H29N3O3. The molecule has 0 aromatic rings. The second-order valence-corrected chi connectivity index (χ2v) is 5.58. The monoisotopic (exact) mass is 299 g/mol. The summed E-state index contributed by atoms with van der Waals surface area (Å²) < 4.78 is 5.06. The van der Waals surface area contributed by atoms with E-state index in [4.69, 9.17) is 10.5 Å². The Morgan fingerprint density at radius 1 is 1.33 bits per heavy atom. The molecule has 0 unspecified atom stereocenters. The number of rotatable bonds is 8. The highest BCUT2D eigenvalue weighted by molar-refractivity contribution is 5.76. The van der Waals surface area contributed by atoms with Gasteiger partial charge in [-0.25, -0.2) is 0 Å². The van der Waals surface area contributed by atoms with E-state index in [0.29, 0.717) is 19.6 Å². The van der Waals surface area contributed by atoms with Crippen molar-refractivity contribution in [3.8, 4) is 0 Å². The van der Waals surface area contributed by atoms with Crippen molar-refractivity contribution < 1.29 is 14.3 Å². The molecule has 6 nitrogen and oxygen atoms in total. The highest BCUT2D eigenvalue weighted by Crippen LogP contribution is 2.18. The smallest absolute Gasteiger partial charge is 0.309 e. The third-order valence-corrected chi connectivity index (χ3v) is 3.97. The van der Waals surface area contributed by atoms with Crippen molar-refractivity contribution in [2.75, 3.05) is 46.4 Å². The SMILES string of the molecule is CCOC(=O)C1CCN(CCC(=O)N(C)CCCN)CC1. The van der Waals surface area contributed by atoms with Crippen LogP contribution in [0.5, 0.6) is 0 Å². The Kier molecular flexibility index (Phi) is 8.30. The second-order valence-electron chi connectivity index (χ2n) is 5.58. The fraction of sp³-hybridized carbons (Fsp3) is 0.867. The number of hydrogen-bond acceptors (Lipinski definition) is 5. The summed E-state index contributed by atoms with van der Waals surface area (Å²) in [5, 5.41) is 0. The number of nitrogens with zero attached hydrogens (tertiary/aromatic N) is 2. The molecule has 122 valence electrons. The van der Waals surface area contributed by atoms with Gasteiger partial charge in [0, 0.05) is 26.6 Å². The van der Waals surface area contributed by atoms with E-state index in [9.17, 15) is 9.59 Å². The Hall–Kier alpha value is -1.14. The van der Waals surface area contributed by atoms with Crippen LogP contribution in [0.4, 0.5) is 0 Å². The van der Waals surface area contributed by atoms with Crippen LogP contribution in [0.1, 0.15) is 32.6 Å². The number of amides is 1. The minimum Gasteiger partial charge on any atom is -0.466 e. The predicted molar refractivity (Wildman–Crippen MR) is 81.7 cm³/mol. The number of nitrogens with two attached hydrogens (primary N) is 1. The predicted octanol–water partition coefficient (Wildman–Crippen LogP) is 0.459. The Balaban J connectivity index is 2.21. The van der Waals surface area contributed by atoms with Crippen LogP contribution in [0.15, 0.2) is 0 Å². The minimum absolute atomic E-state index is 0.0316. The van der Waals surface area contributed by atoms with Gasteiger partial charge in [-0.1, -0.05) is 0 Å². The Labute approximate surface area is 127 Å². The Bertz CT molecular complexity index is 328. The third-order valence-electron chi connectivity index (χ3n) is 3.97. The van der Waals surface area contributed by atoms with Crippen LogP contribution in [0, 0.1) is 5.92 Å². The van der Waals surface area contributed by atoms with Crippen LogP contribution in [-0.4, -0.2) is 68.1 Å². The molecule has 6 heteroatoms. The molecule has 0 bridgehead atoms. The summed E-state index contributed by atoms with van der Waals surface area (Å²) in [6.45, 7) is 6.11. The molecule has 0 aromatic heterocycles. The molecule has 1 heterocycles. The average Bonchev–Trinajstić information content (AvgIpc) is 2.50. The van der Waals surface area contributed by atoms with E-state index >= 15 is 0 Å². The number of likely N-dealkylation sites (tertiary alicyclic amines) is 1. The molecule has 1 fully saturated rings. The zero-order valence-corrected chi connectivity index (χ0v) is 13.3. The standard InChI is InChI=1S/C15H29N3O3/c1-3-21-15(20)13-5-10-18(11-6-13)12-7-14(19)17(2)9-4-8-16/h13H,3-12,16H2,1-2H3. The summed E-state index contributed by atoms with van der Waals surface area (Å²) >= 11 is 0. The zero-order valence-electron chi connectivity index (χ0n) is 13.3. The van der Waals surface area contributed by atoms with Crippen molar-refractivity contribution in [2.45, 2.75) is 32.6 Å². The quantitative estimate of drug-likeness (QED) is 0.659. The fourth-order valence-corrected chi connectivity index (χ4v) is 2.55. The van der Waals surface area contributed by atoms with Gasteiger partial charge in [0.1, 0.15) is 0 Å². The van der Waals surface area contributed by atoms with Crippen molar-refractivity contribution in [3.05, 3.63) is 0 Å². The average molecular weight is 299 g/mol. The van der Waals surface area contributed by atoms with E-state index in [1.165, 1.54) is 0 Å². The van der Waals surface area contributed by atoms with E-state index in [0.717, 1.165) is 45.4 Å². The van der Waals surface area contributed by atoms with E-state index in [2.05, 4.69) is 4.90 Å². The highest BCUT2D eigenvalue weighted by Gasteiger charge is 2.26. The number of hydrogen-bond donors (Lipinski definition) is 1. The van der Waals surface area contributed by atoms with Gasteiger partial charge in [-0.2, -0.15) is 0 Å². The first-order valence-electron chi connectivity index (χ1n) is 7.91. The zero-order chi connectivity index (χ0) is 15.7. The topological polar surface area (TPSA) is 75.9 Å². The van der Waals surface area contributed by atoms with E-state index in [1.807, 2.05) is 14.0 Å². The first-order chi connectivity index (χ1) is 10.1. The molecule has 1 saturated heterocycles. The number of esters is 1. The van der Waals surface area contributed by atoms with Crippen LogP contribution in [0.3, 0.4) is 0 Å². The summed E-state index contributed by atoms with van der Waals surface area (Å²) in [4.78, 5) is 27.6. The molecule has 1 aliphatic rings. The lowest BCUT2D eigenvalue weighted by Crippen LogP contribution is -2.39. The molecule has 1 aliphatic heterocycles. The van der Waals surface area contributed by atoms with Crippen molar-refractivity contribution >= 4 is 11.9 Å². The van der Waals surface area contributed by atoms with Crippen molar-refractivity contribution in [2.24, 2.45) is 11.7 Å². The molecule has 0 radical (unpaired) electrons. The summed E-state index contributed by atoms with van der Waals surface area (Å²) in [5.41, 5.74) is 5.44. The van der Waals surface area contributed by atoms with Crippen LogP contribution in [0.2, 0.25) is 0 Å². The van der Waals surface area contributed by atoms with E-state index in [-0.39, 0.29) is 17.8 Å². The normalized spacial score (nSPS) is 16.7. The molecule has 0 aromatic carbocycles. The highest BCUT2D eigenvalue weighted by atomic mass is 16.5. The largest absolute Gasteiger partial charge is 0.466 e. The fourth-order valence-electron chi connectivity index (χ4n) is 2.55. The van der Waals surface area contributed by atoms with Crippen molar-refractivity contribution in [3.63, 3.8) is 0 Å². The van der Waals surface area contributed by atoms with Crippen LogP contribution in [0.25, 0.3) is 0 Å². The first kappa shape index (κ1) is 17.9. The number of piperidine rings is 1. The molecule has 0 saturated carbocycles. The van der Waals surface area contributed by atoms with Crippen molar-refractivity contribution in [1.82, 2.24) is 9.80 Å². The lowest BCUT2D eigenvalue weighted by atomic mass is 9.97. The summed E-state index contributed by atoms with van der Waals surface area (Å²) in [6.07, 6.45) is 3.03. The third kappa shape index (κ3) is 6.44. The summed E-state index contributed by atoms with van der Waals surface area (Å²) in [5.74, 6) is 0.120.